The van der Waals surface area contributed by atoms with Gasteiger partial charge >= 0.3 is 350 Å². The fraction of sp³-hybridized carbons (Fsp3) is 0.303. The molecule has 5 saturated heterocycles. The number of halogens is 5. The molecular formula is C89H90Cl2Cs5F3O14S5. The molecule has 0 radical (unpaired) electrons. The van der Waals surface area contributed by atoms with Crippen LogP contribution < -0.4 is 383 Å². The first-order valence-electron chi connectivity index (χ1n) is 36.8. The van der Waals surface area contributed by atoms with Crippen molar-refractivity contribution in [2.45, 2.75) is 145 Å². The zero-order valence-corrected chi connectivity index (χ0v) is 106. The van der Waals surface area contributed by atoms with Crippen molar-refractivity contribution in [1.82, 2.24) is 0 Å². The van der Waals surface area contributed by atoms with Crippen molar-refractivity contribution in [3.63, 3.8) is 0 Å². The Hall–Kier alpha value is 2.97. The van der Waals surface area contributed by atoms with Crippen molar-refractivity contribution in [2.75, 3.05) is 21.3 Å². The maximum absolute atomic E-state index is 12.9. The largest absolute Gasteiger partial charge is 1.00 e. The van der Waals surface area contributed by atoms with Gasteiger partial charge in [-0.2, -0.15) is 0 Å². The summed E-state index contributed by atoms with van der Waals surface area (Å²) in [4.78, 5) is 16.7. The average molecular weight is 2340 g/mol. The van der Waals surface area contributed by atoms with Gasteiger partial charge in [0, 0.05) is 58.1 Å². The van der Waals surface area contributed by atoms with Gasteiger partial charge in [0.25, 0.3) is 0 Å². The maximum atomic E-state index is 12.9. The second kappa shape index (κ2) is 58.8. The monoisotopic (exact) mass is 2330 g/mol. The van der Waals surface area contributed by atoms with E-state index in [-0.39, 0.29) is 395 Å². The molecule has 5 aliphatic heterocycles. The number of methoxy groups -OCH3 is 3. The molecule has 10 atom stereocenters. The molecule has 5 unspecified atom stereocenters. The Balaban J connectivity index is 0.000000228. The Morgan fingerprint density at radius 3 is 0.983 bits per heavy atom. The molecule has 0 aliphatic carbocycles. The van der Waals surface area contributed by atoms with Crippen molar-refractivity contribution < 1.29 is 419 Å². The summed E-state index contributed by atoms with van der Waals surface area (Å²) in [5, 5.41) is 2.21. The number of thioether (sulfide) groups is 5. The molecule has 14 nitrogen and oxygen atoms in total. The van der Waals surface area contributed by atoms with E-state index in [1.54, 1.807) is 135 Å². The molecule has 0 amide bonds. The van der Waals surface area contributed by atoms with Gasteiger partial charge in [-0.05, 0) is 182 Å². The predicted octanol–water partition coefficient (Wildman–Crippen LogP) is 9.81. The molecule has 0 spiro atoms. The molecular weight excluding hydrogens is 2250 g/mol. The normalized spacial score (nSPS) is 19.9. The smallest absolute Gasteiger partial charge is 0.542 e. The quantitative estimate of drug-likeness (QED) is 0.0396. The zero-order chi connectivity index (χ0) is 79.6. The molecule has 29 heteroatoms. The van der Waals surface area contributed by atoms with E-state index in [0.717, 1.165) is 119 Å². The molecule has 1 aromatic heterocycles. The van der Waals surface area contributed by atoms with Gasteiger partial charge in [-0.25, -0.2) is 51.0 Å². The minimum absolute atomic E-state index is 0. The predicted molar refractivity (Wildman–Crippen MR) is 445 cm³/mol. The van der Waals surface area contributed by atoms with Crippen LogP contribution in [0.3, 0.4) is 0 Å². The Kier molecular flexibility index (Phi) is 54.7. The van der Waals surface area contributed by atoms with Crippen LogP contribution in [-0.4, -0.2) is 48.5 Å². The number of fused-ring (bicyclic) bond motifs is 1. The maximum Gasteiger partial charge on any atom is 1.00 e. The second-order valence-corrected chi connectivity index (χ2v) is 34.5. The third-order valence-electron chi connectivity index (χ3n) is 17.4. The standard InChI is InChI=1S/C21H19O4S.2C19H20FO3S.C18H17ClFO2S.C12H14ClO2S.5Cs/c1-14-9-21(24-12-14)26-18-4-2-3-17(11-18)23-13-15-5-6-16-7-8-20(22)25-19(16)10-15;2*1-13-7-19(23-11-13)24-18-9-16(21-2)8-17(10-18)22-12-14-3-5-15(20)6-4-14;1-12-6-18(22-10-12)23-17-8-14(19)7-16(9-17)21-11-13-2-4-15(20)5-3-13;1-8-3-12(15-7-8)16-11-5-9(13)4-10(6-11)14-2;;;;;/h2-8,10-12,14,21H,9,13H2,1H3;2*3-6,8-11,13,19H,7,12H2,1-2H3;2-5,7-10,12,18H,6,11H2,1H3;4-8,12H,3H2,1-2H3;;;;;/q5*-1;5*+1/t14-,21?;2*13-,19?;12-,18?;8-,12?;;;;;/m11111...../s1. The summed E-state index contributed by atoms with van der Waals surface area (Å²) >= 11 is 20.5. The summed E-state index contributed by atoms with van der Waals surface area (Å²) in [5.74, 6) is 6.90. The molecule has 0 bridgehead atoms. The third kappa shape index (κ3) is 39.8. The van der Waals surface area contributed by atoms with Crippen molar-refractivity contribution in [2.24, 2.45) is 29.6 Å². The summed E-state index contributed by atoms with van der Waals surface area (Å²) in [6.07, 6.45) is 5.04. The van der Waals surface area contributed by atoms with Gasteiger partial charge in [-0.15, -0.1) is 29.6 Å². The molecule has 600 valence electrons. The molecule has 0 N–H and O–H groups in total. The number of benzene rings is 9. The van der Waals surface area contributed by atoms with E-state index in [2.05, 4.69) is 40.7 Å². The van der Waals surface area contributed by atoms with Gasteiger partial charge in [0.05, 0.1) is 48.5 Å². The van der Waals surface area contributed by atoms with Crippen LogP contribution >= 0.6 is 82.0 Å². The van der Waals surface area contributed by atoms with Crippen molar-refractivity contribution in [3.8, 4) is 40.2 Å². The van der Waals surface area contributed by atoms with Crippen LogP contribution in [0.1, 0.15) is 89.0 Å². The van der Waals surface area contributed by atoms with Crippen LogP contribution in [0.4, 0.5) is 13.2 Å². The second-order valence-electron chi connectivity index (χ2n) is 27.4. The molecule has 15 rings (SSSR count). The molecule has 5 fully saturated rings. The molecule has 6 heterocycles. The van der Waals surface area contributed by atoms with Crippen LogP contribution in [0, 0.1) is 80.1 Å². The number of hydrogen-bond acceptors (Lipinski definition) is 19. The van der Waals surface area contributed by atoms with Crippen LogP contribution in [0.5, 0.6) is 40.2 Å². The summed E-state index contributed by atoms with van der Waals surface area (Å²) in [7, 11) is 4.91. The van der Waals surface area contributed by atoms with Gasteiger partial charge in [0.2, 0.25) is 0 Å². The van der Waals surface area contributed by atoms with Crippen LogP contribution in [0.15, 0.2) is 234 Å². The summed E-state index contributed by atoms with van der Waals surface area (Å²) in [6, 6.07) is 58.7. The minimum atomic E-state index is -0.346. The number of hydrogen-bond donors (Lipinski definition) is 0. The van der Waals surface area contributed by atoms with Gasteiger partial charge in [0.15, 0.2) is 0 Å². The zero-order valence-electron chi connectivity index (χ0n) is 68.7. The third-order valence-corrected chi connectivity index (χ3v) is 23.3. The Morgan fingerprint density at radius 1 is 0.339 bits per heavy atom. The Labute approximate surface area is 1020 Å². The van der Waals surface area contributed by atoms with Crippen LogP contribution in [0.2, 0.25) is 10.0 Å². The first kappa shape index (κ1) is 110. The first-order chi connectivity index (χ1) is 54.6. The molecule has 5 aliphatic rings. The average Bonchev–Trinajstić information content (AvgIpc) is 1.29. The van der Waals surface area contributed by atoms with Crippen molar-refractivity contribution >= 4 is 93.0 Å². The van der Waals surface area contributed by atoms with Crippen LogP contribution in [-0.2, 0) is 50.1 Å². The van der Waals surface area contributed by atoms with E-state index in [9.17, 15) is 18.0 Å². The van der Waals surface area contributed by atoms with Gasteiger partial charge in [0.1, 0.15) is 89.7 Å². The Morgan fingerprint density at radius 2 is 0.627 bits per heavy atom. The summed E-state index contributed by atoms with van der Waals surface area (Å²) in [6.45, 7) is 21.7. The van der Waals surface area contributed by atoms with E-state index in [1.807, 2.05) is 130 Å². The van der Waals surface area contributed by atoms with Gasteiger partial charge in [-0.3, -0.25) is 0 Å². The van der Waals surface area contributed by atoms with E-state index >= 15 is 0 Å². The molecule has 0 saturated carbocycles. The number of ether oxygens (including phenoxy) is 12. The van der Waals surface area contributed by atoms with Gasteiger partial charge in [-0.1, -0.05) is 171 Å². The molecule has 118 heavy (non-hydrogen) atoms. The fourth-order valence-corrected chi connectivity index (χ4v) is 18.1. The van der Waals surface area contributed by atoms with Gasteiger partial charge < -0.3 is 61.3 Å². The SMILES string of the molecule is COc1cc(Cl)cc(SC2C[C@@H](C)[CH-]O2)c1.COc1cc(OCc2ccc(F)cc2)cc(SC2C[C@@H](C)[CH-]O2)c1.COc1cc(OCc2ccc(F)cc2)cc(SC2C[C@@H](C)[CH-]O2)c1.C[C@H]1[CH-]OC(Sc2cc(Cl)cc(OCc3ccc(F)cc3)c2)C1.C[C@H]1[CH-]OC(Sc2cccc(OCc3ccc4ccc(=O)oc4c3)c2)C1.[Cs+].[Cs+].[Cs+].[Cs+].[Cs+]. The fourth-order valence-electron chi connectivity index (χ4n) is 11.6. The first-order valence-corrected chi connectivity index (χ1v) is 42.0. The van der Waals surface area contributed by atoms with E-state index in [4.69, 9.17) is 84.5 Å². The van der Waals surface area contributed by atoms with E-state index in [0.29, 0.717) is 77.4 Å². The summed E-state index contributed by atoms with van der Waals surface area (Å²) < 4.78 is 111. The molecule has 9 aromatic carbocycles. The molecule has 10 aromatic rings. The Bertz CT molecular complexity index is 4600. The topological polar surface area (TPSA) is 141 Å². The van der Waals surface area contributed by atoms with Crippen LogP contribution in [0.25, 0.3) is 11.0 Å². The number of rotatable bonds is 25. The minimum Gasteiger partial charge on any atom is -0.542 e. The summed E-state index contributed by atoms with van der Waals surface area (Å²) in [5.41, 5.74) is 4.64. The van der Waals surface area contributed by atoms with Crippen molar-refractivity contribution in [1.29, 1.82) is 0 Å². The van der Waals surface area contributed by atoms with E-state index in [1.165, 1.54) is 42.5 Å². The van der Waals surface area contributed by atoms with Crippen molar-refractivity contribution in [3.05, 3.63) is 293 Å². The van der Waals surface area contributed by atoms with E-state index < -0.39 is 0 Å².